The highest BCUT2D eigenvalue weighted by molar-refractivity contribution is 7.09. The number of hydrogen-bond acceptors (Lipinski definition) is 4. The van der Waals surface area contributed by atoms with Crippen molar-refractivity contribution < 1.29 is 9.47 Å². The molecule has 0 N–H and O–H groups in total. The molecule has 0 saturated heterocycles. The Bertz CT molecular complexity index is 522. The molecule has 0 saturated carbocycles. The number of aryl methyl sites for hydroxylation is 1. The second-order valence-corrected chi connectivity index (χ2v) is 4.89. The first-order chi connectivity index (χ1) is 8.76. The molecule has 1 aromatic heterocycles. The van der Waals surface area contributed by atoms with Gasteiger partial charge in [-0.25, -0.2) is 4.98 Å². The molecule has 0 aliphatic carbocycles. The van der Waals surface area contributed by atoms with Crippen LogP contribution in [0.15, 0.2) is 23.6 Å². The number of hydrogen-bond donors (Lipinski definition) is 0. The second-order valence-electron chi connectivity index (χ2n) is 3.95. The van der Waals surface area contributed by atoms with Crippen molar-refractivity contribution in [1.29, 1.82) is 0 Å². The van der Waals surface area contributed by atoms with Crippen LogP contribution in [0, 0.1) is 0 Å². The van der Waals surface area contributed by atoms with Gasteiger partial charge in [-0.05, 0) is 24.1 Å². The number of aromatic nitrogens is 1. The summed E-state index contributed by atoms with van der Waals surface area (Å²) in [4.78, 5) is 4.57. The molecule has 1 aromatic carbocycles. The Hall–Kier alpha value is -1.55. The van der Waals surface area contributed by atoms with E-state index < -0.39 is 0 Å². The van der Waals surface area contributed by atoms with E-state index in [0.717, 1.165) is 35.0 Å². The van der Waals surface area contributed by atoms with Crippen LogP contribution in [0.5, 0.6) is 11.5 Å². The van der Waals surface area contributed by atoms with E-state index in [9.17, 15) is 0 Å². The van der Waals surface area contributed by atoms with Crippen LogP contribution in [0.4, 0.5) is 0 Å². The summed E-state index contributed by atoms with van der Waals surface area (Å²) in [7, 11) is 3.30. The fourth-order valence-corrected chi connectivity index (χ4v) is 2.67. The Labute approximate surface area is 111 Å². The van der Waals surface area contributed by atoms with Crippen molar-refractivity contribution in [3.63, 3.8) is 0 Å². The minimum absolute atomic E-state index is 0.759. The molecular weight excluding hydrogens is 246 g/mol. The summed E-state index contributed by atoms with van der Waals surface area (Å²) in [6.07, 6.45) is 1.83. The van der Waals surface area contributed by atoms with Gasteiger partial charge in [-0.3, -0.25) is 0 Å². The normalized spacial score (nSPS) is 10.4. The standard InChI is InChI=1S/C14H17NO2S/c1-4-11-9-18-14(15-11)8-10-5-6-12(16-2)13(7-10)17-3/h5-7,9H,4,8H2,1-3H3. The Balaban J connectivity index is 2.18. The quantitative estimate of drug-likeness (QED) is 0.829. The Morgan fingerprint density at radius 3 is 2.56 bits per heavy atom. The van der Waals surface area contributed by atoms with E-state index in [1.807, 2.05) is 18.2 Å². The molecule has 0 aliphatic rings. The summed E-state index contributed by atoms with van der Waals surface area (Å²) in [5.74, 6) is 1.52. The molecule has 0 atom stereocenters. The van der Waals surface area contributed by atoms with Crippen LogP contribution in [0.2, 0.25) is 0 Å². The zero-order valence-electron chi connectivity index (χ0n) is 10.9. The first kappa shape index (κ1) is 12.9. The molecule has 2 rings (SSSR count). The van der Waals surface area contributed by atoms with Crippen LogP contribution in [-0.2, 0) is 12.8 Å². The van der Waals surface area contributed by atoms with Gasteiger partial charge in [0.2, 0.25) is 0 Å². The van der Waals surface area contributed by atoms with Crippen molar-refractivity contribution in [3.05, 3.63) is 39.8 Å². The van der Waals surface area contributed by atoms with Crippen LogP contribution in [0.25, 0.3) is 0 Å². The highest BCUT2D eigenvalue weighted by atomic mass is 32.1. The van der Waals surface area contributed by atoms with Crippen molar-refractivity contribution in [1.82, 2.24) is 4.98 Å². The SMILES string of the molecule is CCc1csc(Cc2ccc(OC)c(OC)c2)n1. The summed E-state index contributed by atoms with van der Waals surface area (Å²) in [5, 5.41) is 3.26. The zero-order valence-corrected chi connectivity index (χ0v) is 11.7. The summed E-state index contributed by atoms with van der Waals surface area (Å²) in [5.41, 5.74) is 2.35. The summed E-state index contributed by atoms with van der Waals surface area (Å²) >= 11 is 1.71. The molecule has 0 spiro atoms. The van der Waals surface area contributed by atoms with Gasteiger partial charge in [-0.15, -0.1) is 11.3 Å². The predicted molar refractivity (Wildman–Crippen MR) is 73.8 cm³/mol. The van der Waals surface area contributed by atoms with Crippen molar-refractivity contribution in [3.8, 4) is 11.5 Å². The molecule has 2 aromatic rings. The average molecular weight is 263 g/mol. The Kier molecular flexibility index (Phi) is 4.20. The van der Waals surface area contributed by atoms with E-state index in [1.54, 1.807) is 25.6 Å². The lowest BCUT2D eigenvalue weighted by molar-refractivity contribution is 0.354. The maximum Gasteiger partial charge on any atom is 0.160 e. The van der Waals surface area contributed by atoms with Gasteiger partial charge in [0.15, 0.2) is 11.5 Å². The lowest BCUT2D eigenvalue weighted by Crippen LogP contribution is -1.93. The zero-order chi connectivity index (χ0) is 13.0. The van der Waals surface area contributed by atoms with E-state index in [-0.39, 0.29) is 0 Å². The molecule has 0 aliphatic heterocycles. The van der Waals surface area contributed by atoms with Gasteiger partial charge in [0.1, 0.15) is 0 Å². The van der Waals surface area contributed by atoms with Gasteiger partial charge >= 0.3 is 0 Å². The monoisotopic (exact) mass is 263 g/mol. The molecule has 4 heteroatoms. The topological polar surface area (TPSA) is 31.4 Å². The van der Waals surface area contributed by atoms with Gasteiger partial charge < -0.3 is 9.47 Å². The number of nitrogens with zero attached hydrogens (tertiary/aromatic N) is 1. The molecule has 0 amide bonds. The number of rotatable bonds is 5. The van der Waals surface area contributed by atoms with E-state index in [4.69, 9.17) is 9.47 Å². The third-order valence-corrected chi connectivity index (χ3v) is 3.66. The summed E-state index contributed by atoms with van der Waals surface area (Å²) < 4.78 is 10.5. The molecule has 0 radical (unpaired) electrons. The minimum Gasteiger partial charge on any atom is -0.493 e. The molecule has 18 heavy (non-hydrogen) atoms. The first-order valence-corrected chi connectivity index (χ1v) is 6.79. The van der Waals surface area contributed by atoms with E-state index >= 15 is 0 Å². The summed E-state index contributed by atoms with van der Waals surface area (Å²) in [6, 6.07) is 5.99. The van der Waals surface area contributed by atoms with E-state index in [0.29, 0.717) is 0 Å². The van der Waals surface area contributed by atoms with Crippen LogP contribution in [0.3, 0.4) is 0 Å². The molecular formula is C14H17NO2S. The van der Waals surface area contributed by atoms with E-state index in [2.05, 4.69) is 17.3 Å². The summed E-state index contributed by atoms with van der Waals surface area (Å²) in [6.45, 7) is 2.12. The van der Waals surface area contributed by atoms with Crippen molar-refractivity contribution in [2.45, 2.75) is 19.8 Å². The number of benzene rings is 1. The van der Waals surface area contributed by atoms with E-state index in [1.165, 1.54) is 5.56 Å². The lowest BCUT2D eigenvalue weighted by atomic mass is 10.1. The average Bonchev–Trinajstić information content (AvgIpc) is 2.86. The largest absolute Gasteiger partial charge is 0.493 e. The van der Waals surface area contributed by atoms with Crippen molar-refractivity contribution in [2.24, 2.45) is 0 Å². The molecule has 96 valence electrons. The Morgan fingerprint density at radius 1 is 1.17 bits per heavy atom. The maximum absolute atomic E-state index is 5.30. The minimum atomic E-state index is 0.759. The number of ether oxygens (including phenoxy) is 2. The predicted octanol–water partition coefficient (Wildman–Crippen LogP) is 3.31. The molecule has 3 nitrogen and oxygen atoms in total. The lowest BCUT2D eigenvalue weighted by Gasteiger charge is -2.08. The van der Waals surface area contributed by atoms with Gasteiger partial charge in [0.05, 0.1) is 24.9 Å². The smallest absolute Gasteiger partial charge is 0.160 e. The molecule has 0 bridgehead atoms. The highest BCUT2D eigenvalue weighted by Crippen LogP contribution is 2.28. The molecule has 0 fully saturated rings. The molecule has 1 heterocycles. The van der Waals surface area contributed by atoms with Crippen LogP contribution in [-0.4, -0.2) is 19.2 Å². The van der Waals surface area contributed by atoms with Crippen molar-refractivity contribution >= 4 is 11.3 Å². The first-order valence-electron chi connectivity index (χ1n) is 5.91. The van der Waals surface area contributed by atoms with Crippen molar-refractivity contribution in [2.75, 3.05) is 14.2 Å². The number of thiazole rings is 1. The van der Waals surface area contributed by atoms with Crippen LogP contribution < -0.4 is 9.47 Å². The fourth-order valence-electron chi connectivity index (χ4n) is 1.76. The highest BCUT2D eigenvalue weighted by Gasteiger charge is 2.07. The van der Waals surface area contributed by atoms with Gasteiger partial charge in [-0.2, -0.15) is 0 Å². The van der Waals surface area contributed by atoms with Gasteiger partial charge in [0, 0.05) is 11.8 Å². The Morgan fingerprint density at radius 2 is 1.94 bits per heavy atom. The van der Waals surface area contributed by atoms with Crippen LogP contribution in [0.1, 0.15) is 23.2 Å². The number of methoxy groups -OCH3 is 2. The third-order valence-electron chi connectivity index (χ3n) is 2.76. The van der Waals surface area contributed by atoms with Crippen LogP contribution >= 0.6 is 11.3 Å². The van der Waals surface area contributed by atoms with Gasteiger partial charge in [-0.1, -0.05) is 13.0 Å². The third kappa shape index (κ3) is 2.82. The second kappa shape index (κ2) is 5.87. The van der Waals surface area contributed by atoms with Gasteiger partial charge in [0.25, 0.3) is 0 Å². The maximum atomic E-state index is 5.30. The molecule has 0 unspecified atom stereocenters. The fraction of sp³-hybridized carbons (Fsp3) is 0.357.